The quantitative estimate of drug-likeness (QED) is 0.338. The molecule has 9 atom stereocenters. The highest BCUT2D eigenvalue weighted by Gasteiger charge is 2.43. The van der Waals surface area contributed by atoms with Gasteiger partial charge in [0.05, 0.1) is 57.8 Å². The van der Waals surface area contributed by atoms with Crippen molar-refractivity contribution in [1.29, 1.82) is 0 Å². The summed E-state index contributed by atoms with van der Waals surface area (Å²) in [5.41, 5.74) is 0. The van der Waals surface area contributed by atoms with Gasteiger partial charge in [-0.15, -0.1) is 0 Å². The van der Waals surface area contributed by atoms with Gasteiger partial charge in [0, 0.05) is 32.6 Å². The van der Waals surface area contributed by atoms with Crippen molar-refractivity contribution >= 4 is 17.9 Å². The number of carbonyl (C=O) groups excluding carboxylic acids is 3. The molecular weight excluding hydrogens is 496 g/mol. The predicted octanol–water partition coefficient (Wildman–Crippen LogP) is -0.113. The number of hydrogen-bond acceptors (Lipinski definition) is 13. The minimum absolute atomic E-state index is 0.0880. The van der Waals surface area contributed by atoms with Crippen molar-refractivity contribution in [3.05, 3.63) is 0 Å². The molecule has 6 saturated heterocycles. The van der Waals surface area contributed by atoms with E-state index in [-0.39, 0.29) is 60.9 Å². The lowest BCUT2D eigenvalue weighted by Gasteiger charge is -2.13. The lowest BCUT2D eigenvalue weighted by atomic mass is 10.0. The summed E-state index contributed by atoms with van der Waals surface area (Å²) in [6, 6.07) is 0. The zero-order valence-electron chi connectivity index (χ0n) is 21.4. The number of fused-ring (bicyclic) bond motifs is 3. The molecule has 212 valence electrons. The summed E-state index contributed by atoms with van der Waals surface area (Å²) < 4.78 is 40.2. The van der Waals surface area contributed by atoms with E-state index in [1.165, 1.54) is 20.8 Å². The molecule has 0 aromatic heterocycles. The Labute approximate surface area is 215 Å². The fourth-order valence-corrected chi connectivity index (χ4v) is 4.85. The molecule has 6 aliphatic rings. The first-order chi connectivity index (χ1) is 17.7. The lowest BCUT2D eigenvalue weighted by Crippen LogP contribution is -2.25. The van der Waals surface area contributed by atoms with Crippen molar-refractivity contribution in [2.24, 2.45) is 17.8 Å². The number of ether oxygens (including phenoxy) is 8. The summed E-state index contributed by atoms with van der Waals surface area (Å²) in [4.78, 5) is 30.3. The van der Waals surface area contributed by atoms with Crippen LogP contribution in [-0.2, 0) is 52.3 Å². The molecule has 0 aliphatic carbocycles. The largest absolute Gasteiger partial charge is 0.460 e. The summed E-state index contributed by atoms with van der Waals surface area (Å²) in [6.07, 6.45) is 1.86. The van der Waals surface area contributed by atoms with Crippen molar-refractivity contribution in [2.45, 2.75) is 77.2 Å². The Morgan fingerprint density at radius 3 is 1.38 bits per heavy atom. The third kappa shape index (κ3) is 8.93. The highest BCUT2D eigenvalue weighted by atomic mass is 16.7. The first-order valence-corrected chi connectivity index (χ1v) is 12.6. The molecule has 6 aliphatic heterocycles. The van der Waals surface area contributed by atoms with E-state index >= 15 is 0 Å². The number of aliphatic hydroxyl groups excluding tert-OH is 2. The lowest BCUT2D eigenvalue weighted by molar-refractivity contribution is -0.156. The zero-order valence-corrected chi connectivity index (χ0v) is 21.4. The number of hydrogen-bond donors (Lipinski definition) is 2. The van der Waals surface area contributed by atoms with Crippen molar-refractivity contribution in [3.8, 4) is 0 Å². The van der Waals surface area contributed by atoms with E-state index in [1.807, 2.05) is 0 Å². The first kappa shape index (κ1) is 29.8. The van der Waals surface area contributed by atoms with Crippen LogP contribution < -0.4 is 0 Å². The molecule has 0 saturated carbocycles. The Bertz CT molecular complexity index is 721. The van der Waals surface area contributed by atoms with Crippen molar-refractivity contribution in [3.63, 3.8) is 0 Å². The van der Waals surface area contributed by atoms with Gasteiger partial charge in [0.1, 0.15) is 6.10 Å². The molecule has 6 fully saturated rings. The average molecular weight is 535 g/mol. The highest BCUT2D eigenvalue weighted by molar-refractivity contribution is 5.82. The predicted molar refractivity (Wildman–Crippen MR) is 121 cm³/mol. The minimum Gasteiger partial charge on any atom is -0.460 e. The molecule has 6 rings (SSSR count). The fourth-order valence-electron chi connectivity index (χ4n) is 4.85. The van der Waals surface area contributed by atoms with Gasteiger partial charge >= 0.3 is 17.9 Å². The number of rotatable bonds is 1. The molecule has 0 aromatic carbocycles. The van der Waals surface area contributed by atoms with Crippen LogP contribution in [0.3, 0.4) is 0 Å². The van der Waals surface area contributed by atoms with Crippen LogP contribution in [0, 0.1) is 17.8 Å². The van der Waals surface area contributed by atoms with Crippen LogP contribution in [0.2, 0.25) is 0 Å². The van der Waals surface area contributed by atoms with Crippen LogP contribution in [0.25, 0.3) is 0 Å². The number of aliphatic hydroxyl groups is 2. The van der Waals surface area contributed by atoms with Gasteiger partial charge in [0.25, 0.3) is 0 Å². The van der Waals surface area contributed by atoms with Crippen molar-refractivity contribution in [2.75, 3.05) is 39.6 Å². The molecule has 0 spiro atoms. The summed E-state index contributed by atoms with van der Waals surface area (Å²) >= 11 is 0. The van der Waals surface area contributed by atoms with Gasteiger partial charge in [-0.05, 0) is 19.3 Å². The Kier molecular flexibility index (Phi) is 11.7. The second-order valence-corrected chi connectivity index (χ2v) is 9.44. The maximum absolute atomic E-state index is 10.7. The molecule has 2 N–H and O–H groups in total. The Morgan fingerprint density at radius 2 is 1.00 bits per heavy atom. The molecule has 0 bridgehead atoms. The first-order valence-electron chi connectivity index (χ1n) is 12.6. The number of carbonyl (C=O) groups is 3. The molecule has 13 heteroatoms. The van der Waals surface area contributed by atoms with Crippen LogP contribution in [0.5, 0.6) is 0 Å². The van der Waals surface area contributed by atoms with E-state index in [4.69, 9.17) is 33.2 Å². The van der Waals surface area contributed by atoms with E-state index in [2.05, 4.69) is 4.74 Å². The molecule has 0 amide bonds. The standard InChI is InChI=1S/C8H12O4.2C6H10O3.C4H6O3/c1-5(9)12-7-4-11-8-6(7)2-3-10-8;2*7-5-3-9-6-4(5)1-2-8-6;1-3(5)7-4(2)6/h6-8H,2-4H2,1H3;2*4-7H,1-3H2;1-2H3/t6-,7-,8+;4-,5-,6+;;/m10../s1. The molecular formula is C24H38O13. The molecule has 3 unspecified atom stereocenters. The van der Waals surface area contributed by atoms with E-state index in [1.54, 1.807) is 0 Å². The van der Waals surface area contributed by atoms with Gasteiger partial charge < -0.3 is 48.1 Å². The van der Waals surface area contributed by atoms with E-state index in [0.29, 0.717) is 26.4 Å². The van der Waals surface area contributed by atoms with Crippen LogP contribution in [0.1, 0.15) is 40.0 Å². The maximum Gasteiger partial charge on any atom is 0.310 e. The van der Waals surface area contributed by atoms with E-state index in [9.17, 15) is 24.6 Å². The highest BCUT2D eigenvalue weighted by Crippen LogP contribution is 2.33. The SMILES string of the molecule is CC(=O)OC(C)=O.CC(=O)O[C@@H]1CO[C@@H]2OCC[C@@H]21.OC1COC2OCCC12.O[C@H]1CO[C@H]2OCC[C@H]21. The van der Waals surface area contributed by atoms with Gasteiger partial charge in [-0.3, -0.25) is 14.4 Å². The summed E-state index contributed by atoms with van der Waals surface area (Å²) in [7, 11) is 0. The summed E-state index contributed by atoms with van der Waals surface area (Å²) in [6.45, 7) is 7.37. The van der Waals surface area contributed by atoms with Gasteiger partial charge in [-0.2, -0.15) is 0 Å². The van der Waals surface area contributed by atoms with Crippen LogP contribution in [0.15, 0.2) is 0 Å². The third-order valence-corrected chi connectivity index (χ3v) is 6.61. The monoisotopic (exact) mass is 534 g/mol. The summed E-state index contributed by atoms with van der Waals surface area (Å²) in [5, 5.41) is 18.4. The topological polar surface area (TPSA) is 166 Å². The average Bonchev–Trinajstić information content (AvgIpc) is 3.62. The minimum atomic E-state index is -0.562. The van der Waals surface area contributed by atoms with Gasteiger partial charge in [0.15, 0.2) is 18.9 Å². The Morgan fingerprint density at radius 1 is 0.595 bits per heavy atom. The molecule has 6 heterocycles. The van der Waals surface area contributed by atoms with Gasteiger partial charge in [-0.1, -0.05) is 0 Å². The third-order valence-electron chi connectivity index (χ3n) is 6.61. The van der Waals surface area contributed by atoms with Crippen LogP contribution in [-0.4, -0.2) is 105 Å². The van der Waals surface area contributed by atoms with Crippen molar-refractivity contribution in [1.82, 2.24) is 0 Å². The second-order valence-electron chi connectivity index (χ2n) is 9.44. The van der Waals surface area contributed by atoms with Gasteiger partial charge in [-0.25, -0.2) is 0 Å². The van der Waals surface area contributed by atoms with E-state index in [0.717, 1.165) is 32.5 Å². The molecule has 13 nitrogen and oxygen atoms in total. The van der Waals surface area contributed by atoms with Crippen LogP contribution in [0.4, 0.5) is 0 Å². The maximum atomic E-state index is 10.7. The fraction of sp³-hybridized carbons (Fsp3) is 0.875. The van der Waals surface area contributed by atoms with Crippen molar-refractivity contribution < 1.29 is 62.5 Å². The van der Waals surface area contributed by atoms with Gasteiger partial charge in [0.2, 0.25) is 0 Å². The second kappa shape index (κ2) is 14.4. The Balaban J connectivity index is 0.000000140. The molecule has 0 radical (unpaired) electrons. The molecule has 0 aromatic rings. The smallest absolute Gasteiger partial charge is 0.310 e. The zero-order chi connectivity index (χ0) is 26.9. The van der Waals surface area contributed by atoms with Crippen LogP contribution >= 0.6 is 0 Å². The Hall–Kier alpha value is -1.71. The summed E-state index contributed by atoms with van der Waals surface area (Å²) in [5.74, 6) is -0.597. The van der Waals surface area contributed by atoms with E-state index < -0.39 is 11.9 Å². The number of esters is 3. The normalized spacial score (nSPS) is 38.5. The molecule has 37 heavy (non-hydrogen) atoms.